The lowest BCUT2D eigenvalue weighted by atomic mass is 10.3. The molecule has 1 rings (SSSR count). The summed E-state index contributed by atoms with van der Waals surface area (Å²) in [5.41, 5.74) is 5.05. The average Bonchev–Trinajstić information content (AvgIpc) is 2.26. The van der Waals surface area contributed by atoms with E-state index < -0.39 is 28.0 Å². The zero-order valence-corrected chi connectivity index (χ0v) is 12.9. The molecule has 0 saturated heterocycles. The molecule has 0 heterocycles. The molecule has 0 aromatic heterocycles. The normalized spacial score (nSPS) is 16.3. The van der Waals surface area contributed by atoms with E-state index in [1.165, 1.54) is 13.8 Å². The van der Waals surface area contributed by atoms with E-state index in [-0.39, 0.29) is 31.0 Å². The van der Waals surface area contributed by atoms with Crippen LogP contribution in [0.25, 0.3) is 0 Å². The molecular weight excluding hydrogens is 340 g/mol. The Bertz CT molecular complexity index is 582. The second-order valence-corrected chi connectivity index (χ2v) is 8.43. The fraction of sp³-hybridized carbons (Fsp3) is 0.400. The molecule has 0 bridgehead atoms. The molecule has 124 valence electrons. The van der Waals surface area contributed by atoms with E-state index >= 15 is 0 Å². The Hall–Kier alpha value is -0.830. The predicted octanol–water partition coefficient (Wildman–Crippen LogP) is 4.82. The molecule has 2 N–H and O–H groups in total. The summed E-state index contributed by atoms with van der Waals surface area (Å²) in [7, 11) is -14.1. The molecule has 4 nitrogen and oxygen atoms in total. The van der Waals surface area contributed by atoms with Crippen molar-refractivity contribution in [2.45, 2.75) is 18.7 Å². The summed E-state index contributed by atoms with van der Waals surface area (Å²) in [6.45, 7) is 2.54. The summed E-state index contributed by atoms with van der Waals surface area (Å²) >= 11 is 0. The van der Waals surface area contributed by atoms with E-state index in [0.717, 1.165) is 0 Å². The molecular formula is C10H15F5NO3PS. The fourth-order valence-electron chi connectivity index (χ4n) is 1.52. The van der Waals surface area contributed by atoms with Crippen LogP contribution in [0.5, 0.6) is 0 Å². The van der Waals surface area contributed by atoms with Crippen LogP contribution in [-0.4, -0.2) is 13.2 Å². The summed E-state index contributed by atoms with van der Waals surface area (Å²) < 4.78 is 86.1. The topological polar surface area (TPSA) is 61.5 Å². The second-order valence-electron chi connectivity index (χ2n) is 4.02. The van der Waals surface area contributed by atoms with E-state index in [9.17, 15) is 24.0 Å². The first kappa shape index (κ1) is 18.2. The van der Waals surface area contributed by atoms with Gasteiger partial charge in [0.15, 0.2) is 0 Å². The molecule has 0 atom stereocenters. The van der Waals surface area contributed by atoms with Crippen LogP contribution in [0, 0.1) is 0 Å². The van der Waals surface area contributed by atoms with E-state index in [2.05, 4.69) is 0 Å². The average molecular weight is 355 g/mol. The van der Waals surface area contributed by atoms with Gasteiger partial charge >= 0.3 is 17.8 Å². The second kappa shape index (κ2) is 4.84. The summed E-state index contributed by atoms with van der Waals surface area (Å²) in [6.07, 6.45) is 0. The van der Waals surface area contributed by atoms with Crippen molar-refractivity contribution in [2.24, 2.45) is 0 Å². The quantitative estimate of drug-likeness (QED) is 0.452. The van der Waals surface area contributed by atoms with E-state index in [0.29, 0.717) is 6.07 Å². The van der Waals surface area contributed by atoms with E-state index in [4.69, 9.17) is 14.8 Å². The highest BCUT2D eigenvalue weighted by Crippen LogP contribution is 3.02. The maximum atomic E-state index is 12.8. The zero-order valence-electron chi connectivity index (χ0n) is 11.2. The van der Waals surface area contributed by atoms with Crippen molar-refractivity contribution in [3.05, 3.63) is 18.2 Å². The summed E-state index contributed by atoms with van der Waals surface area (Å²) in [5.74, 6) is 0. The maximum Gasteiger partial charge on any atom is 0.363 e. The Kier molecular flexibility index (Phi) is 4.20. The van der Waals surface area contributed by atoms with Gasteiger partial charge in [-0.15, -0.1) is 0 Å². The van der Waals surface area contributed by atoms with Crippen LogP contribution in [0.4, 0.5) is 25.1 Å². The SMILES string of the molecule is CCOP(=O)(OCC)c1cc(S(F)(F)(F)(F)F)ccc1N. The molecule has 0 aliphatic heterocycles. The third-order valence-corrected chi connectivity index (χ3v) is 5.66. The van der Waals surface area contributed by atoms with Gasteiger partial charge in [-0.3, -0.25) is 4.57 Å². The highest BCUT2D eigenvalue weighted by molar-refractivity contribution is 8.45. The monoisotopic (exact) mass is 355 g/mol. The number of halogens is 5. The molecule has 21 heavy (non-hydrogen) atoms. The van der Waals surface area contributed by atoms with Crippen molar-refractivity contribution in [1.29, 1.82) is 0 Å². The van der Waals surface area contributed by atoms with E-state index in [1.807, 2.05) is 0 Å². The Morgan fingerprint density at radius 3 is 1.95 bits per heavy atom. The first-order chi connectivity index (χ1) is 9.23. The van der Waals surface area contributed by atoms with Gasteiger partial charge in [0.25, 0.3) is 0 Å². The predicted molar refractivity (Wildman–Crippen MR) is 72.7 cm³/mol. The molecule has 0 aliphatic rings. The number of benzene rings is 1. The van der Waals surface area contributed by atoms with E-state index in [1.54, 1.807) is 0 Å². The number of anilines is 1. The lowest BCUT2D eigenvalue weighted by Gasteiger charge is -2.40. The third kappa shape index (κ3) is 4.32. The Morgan fingerprint density at radius 1 is 1.10 bits per heavy atom. The Labute approximate surface area is 118 Å². The minimum atomic E-state index is -9.91. The minimum Gasteiger partial charge on any atom is -0.398 e. The number of nitrogens with two attached hydrogens (primary N) is 1. The maximum absolute atomic E-state index is 12.8. The largest absolute Gasteiger partial charge is 0.398 e. The van der Waals surface area contributed by atoms with Gasteiger partial charge in [0, 0.05) is 5.69 Å². The Balaban J connectivity index is 3.55. The highest BCUT2D eigenvalue weighted by atomic mass is 32.5. The molecule has 0 unspecified atom stereocenters. The zero-order chi connectivity index (χ0) is 16.6. The van der Waals surface area contributed by atoms with Crippen molar-refractivity contribution in [3.8, 4) is 0 Å². The molecule has 0 spiro atoms. The van der Waals surface area contributed by atoms with Crippen LogP contribution in [0.3, 0.4) is 0 Å². The van der Waals surface area contributed by atoms with Gasteiger partial charge < -0.3 is 14.8 Å². The summed E-state index contributed by atoms with van der Waals surface area (Å²) in [6, 6.07) is 0.777. The van der Waals surface area contributed by atoms with Crippen LogP contribution in [0.15, 0.2) is 23.1 Å². The first-order valence-electron chi connectivity index (χ1n) is 5.77. The smallest absolute Gasteiger partial charge is 0.363 e. The van der Waals surface area contributed by atoms with Crippen molar-refractivity contribution in [2.75, 3.05) is 18.9 Å². The molecule has 0 aliphatic carbocycles. The van der Waals surface area contributed by atoms with Gasteiger partial charge in [0.05, 0.1) is 18.5 Å². The molecule has 1 aromatic carbocycles. The van der Waals surface area contributed by atoms with Gasteiger partial charge in [0.2, 0.25) is 0 Å². The van der Waals surface area contributed by atoms with Gasteiger partial charge in [-0.2, -0.15) is 0 Å². The minimum absolute atomic E-state index is 0.0307. The van der Waals surface area contributed by atoms with Crippen molar-refractivity contribution in [3.63, 3.8) is 0 Å². The number of nitrogen functional groups attached to an aromatic ring is 1. The van der Waals surface area contributed by atoms with Crippen LogP contribution in [0.2, 0.25) is 0 Å². The van der Waals surface area contributed by atoms with Crippen LogP contribution in [-0.2, 0) is 13.6 Å². The Morgan fingerprint density at radius 2 is 1.57 bits per heavy atom. The molecule has 1 aromatic rings. The molecule has 0 radical (unpaired) electrons. The van der Waals surface area contributed by atoms with Crippen LogP contribution < -0.4 is 11.0 Å². The highest BCUT2D eigenvalue weighted by Gasteiger charge is 2.65. The lowest BCUT2D eigenvalue weighted by Crippen LogP contribution is -2.18. The summed E-state index contributed by atoms with van der Waals surface area (Å²) in [4.78, 5) is -2.20. The van der Waals surface area contributed by atoms with Gasteiger partial charge in [0.1, 0.15) is 4.90 Å². The van der Waals surface area contributed by atoms with Crippen molar-refractivity contribution in [1.82, 2.24) is 0 Å². The van der Waals surface area contributed by atoms with Crippen molar-refractivity contribution < 1.29 is 33.0 Å². The third-order valence-electron chi connectivity index (χ3n) is 2.34. The first-order valence-corrected chi connectivity index (χ1v) is 9.26. The number of hydrogen-bond donors (Lipinski definition) is 1. The summed E-state index contributed by atoms with van der Waals surface area (Å²) in [5, 5.41) is -0.725. The number of rotatable bonds is 6. The lowest BCUT2D eigenvalue weighted by molar-refractivity contribution is 0.230. The molecule has 0 fully saturated rings. The number of hydrogen-bond acceptors (Lipinski definition) is 4. The van der Waals surface area contributed by atoms with Gasteiger partial charge in [-0.25, -0.2) is 0 Å². The van der Waals surface area contributed by atoms with Crippen LogP contribution >= 0.6 is 17.8 Å². The molecule has 0 saturated carbocycles. The standard InChI is InChI=1S/C10H15F5NO3PS/c1-3-18-20(17,19-4-2)10-7-8(5-6-9(10)16)21(11,12,13,14)15/h5-7H,3-4,16H2,1-2H3. The van der Waals surface area contributed by atoms with Gasteiger partial charge in [-0.05, 0) is 32.0 Å². The van der Waals surface area contributed by atoms with Crippen molar-refractivity contribution >= 4 is 28.8 Å². The van der Waals surface area contributed by atoms with Crippen LogP contribution in [0.1, 0.15) is 13.8 Å². The molecule has 11 heteroatoms. The van der Waals surface area contributed by atoms with Gasteiger partial charge in [-0.1, -0.05) is 19.4 Å². The molecule has 0 amide bonds. The fourth-order valence-corrected chi connectivity index (χ4v) is 3.99.